The predicted molar refractivity (Wildman–Crippen MR) is 103 cm³/mol. The second-order valence-electron chi connectivity index (χ2n) is 6.59. The molecule has 0 amide bonds. The van der Waals surface area contributed by atoms with Gasteiger partial charge in [0.25, 0.3) is 0 Å². The van der Waals surface area contributed by atoms with Crippen LogP contribution in [0, 0.1) is 0 Å². The zero-order chi connectivity index (χ0) is 18.4. The fourth-order valence-electron chi connectivity index (χ4n) is 3.62. The van der Waals surface area contributed by atoms with Crippen molar-refractivity contribution in [1.29, 1.82) is 0 Å². The molecular weight excluding hydrogens is 373 g/mol. The quantitative estimate of drug-likeness (QED) is 0.701. The lowest BCUT2D eigenvalue weighted by Gasteiger charge is -2.33. The summed E-state index contributed by atoms with van der Waals surface area (Å²) in [5.41, 5.74) is 3.42. The Kier molecular flexibility index (Phi) is 4.31. The first-order valence-corrected chi connectivity index (χ1v) is 8.95. The van der Waals surface area contributed by atoms with Gasteiger partial charge in [0.2, 0.25) is 5.88 Å². The largest absolute Gasteiger partial charge is 0.493 e. The average molecular weight is 390 g/mol. The standard InChI is InChI=1S/C19H17Cl2N3O2/c1-23-9-15(14-6-12(20)7-17(21)16(14)10-23)11-3-2-4-13(5-11)24-18(25)8-22-19(24)26/h2-8,15,25H,9-10H2,1H3,(H,22,26)/t15-/m0/s1. The van der Waals surface area contributed by atoms with E-state index in [1.807, 2.05) is 31.3 Å². The molecule has 1 aliphatic rings. The van der Waals surface area contributed by atoms with Crippen LogP contribution in [0.5, 0.6) is 5.88 Å². The molecule has 1 aliphatic heterocycles. The second kappa shape index (κ2) is 6.50. The molecule has 134 valence electrons. The minimum atomic E-state index is -0.382. The molecule has 3 aromatic rings. The summed E-state index contributed by atoms with van der Waals surface area (Å²) in [6, 6.07) is 11.3. The van der Waals surface area contributed by atoms with E-state index in [-0.39, 0.29) is 17.5 Å². The number of halogens is 2. The number of hydrogen-bond donors (Lipinski definition) is 2. The molecule has 1 aromatic heterocycles. The smallest absolute Gasteiger partial charge is 0.333 e. The summed E-state index contributed by atoms with van der Waals surface area (Å²) < 4.78 is 1.24. The first-order valence-electron chi connectivity index (χ1n) is 8.20. The Morgan fingerprint density at radius 1 is 1.23 bits per heavy atom. The van der Waals surface area contributed by atoms with E-state index in [1.54, 1.807) is 12.1 Å². The Hall–Kier alpha value is -2.21. The number of nitrogens with one attached hydrogen (secondary N) is 1. The molecule has 0 fully saturated rings. The van der Waals surface area contributed by atoms with Crippen molar-refractivity contribution in [3.8, 4) is 11.6 Å². The van der Waals surface area contributed by atoms with E-state index in [9.17, 15) is 9.90 Å². The third kappa shape index (κ3) is 2.92. The number of rotatable bonds is 2. The molecule has 0 radical (unpaired) electrons. The average Bonchev–Trinajstić information content (AvgIpc) is 2.94. The van der Waals surface area contributed by atoms with Gasteiger partial charge in [-0.25, -0.2) is 9.36 Å². The van der Waals surface area contributed by atoms with Crippen molar-refractivity contribution < 1.29 is 5.11 Å². The number of fused-ring (bicyclic) bond motifs is 1. The maximum absolute atomic E-state index is 12.0. The molecule has 2 aromatic carbocycles. The van der Waals surface area contributed by atoms with Gasteiger partial charge in [0.1, 0.15) is 0 Å². The minimum absolute atomic E-state index is 0.0664. The molecule has 4 rings (SSSR count). The Morgan fingerprint density at radius 2 is 2.04 bits per heavy atom. The third-order valence-corrected chi connectivity index (χ3v) is 5.34. The van der Waals surface area contributed by atoms with E-state index in [4.69, 9.17) is 23.2 Å². The number of aromatic hydroxyl groups is 1. The van der Waals surface area contributed by atoms with Crippen LogP contribution in [0.4, 0.5) is 0 Å². The fourth-order valence-corrected chi connectivity index (χ4v) is 4.19. The number of likely N-dealkylation sites (N-methyl/N-ethyl adjacent to an activating group) is 1. The number of aromatic nitrogens is 2. The third-order valence-electron chi connectivity index (χ3n) is 4.78. The first kappa shape index (κ1) is 17.2. The van der Waals surface area contributed by atoms with Gasteiger partial charge in [0.05, 0.1) is 11.9 Å². The van der Waals surface area contributed by atoms with Gasteiger partial charge < -0.3 is 15.0 Å². The number of aromatic amines is 1. The van der Waals surface area contributed by atoms with Crippen molar-refractivity contribution in [3.63, 3.8) is 0 Å². The lowest BCUT2D eigenvalue weighted by Crippen LogP contribution is -2.31. The van der Waals surface area contributed by atoms with Crippen molar-refractivity contribution in [2.45, 2.75) is 12.5 Å². The van der Waals surface area contributed by atoms with E-state index in [2.05, 4.69) is 9.88 Å². The summed E-state index contributed by atoms with van der Waals surface area (Å²) in [6.07, 6.45) is 1.28. The zero-order valence-electron chi connectivity index (χ0n) is 14.0. The summed E-state index contributed by atoms with van der Waals surface area (Å²) in [5.74, 6) is -0.0592. The summed E-state index contributed by atoms with van der Waals surface area (Å²) in [5, 5.41) is 11.2. The first-order chi connectivity index (χ1) is 12.4. The van der Waals surface area contributed by atoms with Gasteiger partial charge in [-0.15, -0.1) is 0 Å². The Morgan fingerprint density at radius 3 is 2.77 bits per heavy atom. The van der Waals surface area contributed by atoms with E-state index in [0.717, 1.165) is 29.8 Å². The maximum atomic E-state index is 12.0. The van der Waals surface area contributed by atoms with Gasteiger partial charge >= 0.3 is 5.69 Å². The number of hydrogen-bond acceptors (Lipinski definition) is 3. The summed E-state index contributed by atoms with van der Waals surface area (Å²) in [7, 11) is 2.05. The summed E-state index contributed by atoms with van der Waals surface area (Å²) in [6.45, 7) is 1.57. The van der Waals surface area contributed by atoms with Crippen molar-refractivity contribution in [2.24, 2.45) is 0 Å². The van der Waals surface area contributed by atoms with E-state index in [0.29, 0.717) is 15.7 Å². The highest BCUT2D eigenvalue weighted by Crippen LogP contribution is 2.38. The van der Waals surface area contributed by atoms with Crippen LogP contribution in [0.3, 0.4) is 0 Å². The number of benzene rings is 2. The Labute approximate surface area is 160 Å². The number of nitrogens with zero attached hydrogens (tertiary/aromatic N) is 2. The monoisotopic (exact) mass is 389 g/mol. The molecule has 1 atom stereocenters. The second-order valence-corrected chi connectivity index (χ2v) is 7.43. The van der Waals surface area contributed by atoms with Crippen molar-refractivity contribution in [2.75, 3.05) is 13.6 Å². The highest BCUT2D eigenvalue weighted by Gasteiger charge is 2.27. The van der Waals surface area contributed by atoms with Gasteiger partial charge in [-0.05, 0) is 48.0 Å². The normalized spacial score (nSPS) is 17.3. The molecule has 2 N–H and O–H groups in total. The molecule has 0 spiro atoms. The van der Waals surface area contributed by atoms with Crippen LogP contribution in [-0.4, -0.2) is 33.1 Å². The molecule has 0 bridgehead atoms. The van der Waals surface area contributed by atoms with Gasteiger partial charge in [-0.3, -0.25) is 0 Å². The molecule has 26 heavy (non-hydrogen) atoms. The Bertz CT molecular complexity index is 1040. The zero-order valence-corrected chi connectivity index (χ0v) is 15.6. The van der Waals surface area contributed by atoms with Crippen molar-refractivity contribution in [1.82, 2.24) is 14.5 Å². The highest BCUT2D eigenvalue weighted by atomic mass is 35.5. The lowest BCUT2D eigenvalue weighted by atomic mass is 9.84. The van der Waals surface area contributed by atoms with Crippen LogP contribution in [0.15, 0.2) is 47.4 Å². The molecule has 2 heterocycles. The van der Waals surface area contributed by atoms with Crippen LogP contribution >= 0.6 is 23.2 Å². The van der Waals surface area contributed by atoms with Gasteiger partial charge in [-0.2, -0.15) is 0 Å². The fraction of sp³-hybridized carbons (Fsp3) is 0.211. The molecule has 7 heteroatoms. The van der Waals surface area contributed by atoms with Crippen molar-refractivity contribution in [3.05, 3.63) is 79.8 Å². The molecule has 0 saturated carbocycles. The van der Waals surface area contributed by atoms with Crippen LogP contribution < -0.4 is 5.69 Å². The van der Waals surface area contributed by atoms with E-state index in [1.165, 1.54) is 10.8 Å². The highest BCUT2D eigenvalue weighted by molar-refractivity contribution is 6.35. The van der Waals surface area contributed by atoms with E-state index < -0.39 is 0 Å². The molecule has 0 saturated heterocycles. The lowest BCUT2D eigenvalue weighted by molar-refractivity contribution is 0.295. The van der Waals surface area contributed by atoms with Crippen LogP contribution in [-0.2, 0) is 6.54 Å². The summed E-state index contributed by atoms with van der Waals surface area (Å²) in [4.78, 5) is 16.7. The summed E-state index contributed by atoms with van der Waals surface area (Å²) >= 11 is 12.7. The van der Waals surface area contributed by atoms with Crippen LogP contribution in [0.2, 0.25) is 10.0 Å². The number of H-pyrrole nitrogens is 1. The van der Waals surface area contributed by atoms with Crippen LogP contribution in [0.25, 0.3) is 5.69 Å². The maximum Gasteiger partial charge on any atom is 0.333 e. The molecule has 0 aliphatic carbocycles. The van der Waals surface area contributed by atoms with Crippen LogP contribution in [0.1, 0.15) is 22.6 Å². The molecule has 0 unspecified atom stereocenters. The molecule has 5 nitrogen and oxygen atoms in total. The SMILES string of the molecule is CN1Cc2c(Cl)cc(Cl)cc2[C@H](c2cccc(-n3c(O)c[nH]c3=O)c2)C1. The van der Waals surface area contributed by atoms with Crippen molar-refractivity contribution >= 4 is 23.2 Å². The minimum Gasteiger partial charge on any atom is -0.493 e. The topological polar surface area (TPSA) is 61.3 Å². The van der Waals surface area contributed by atoms with Gasteiger partial charge in [-0.1, -0.05) is 35.3 Å². The predicted octanol–water partition coefficient (Wildman–Crippen LogP) is 3.76. The molecular formula is C19H17Cl2N3O2. The van der Waals surface area contributed by atoms with Gasteiger partial charge in [0, 0.05) is 29.1 Å². The Balaban J connectivity index is 1.85. The number of imidazole rings is 1. The van der Waals surface area contributed by atoms with Gasteiger partial charge in [0.15, 0.2) is 0 Å². The van der Waals surface area contributed by atoms with E-state index >= 15 is 0 Å².